The molecule has 0 saturated heterocycles. The van der Waals surface area contributed by atoms with Crippen LogP contribution in [-0.2, 0) is 6.42 Å². The summed E-state index contributed by atoms with van der Waals surface area (Å²) in [4.78, 5) is 12.7. The molecule has 0 radical (unpaired) electrons. The summed E-state index contributed by atoms with van der Waals surface area (Å²) in [6.45, 7) is 6.82. The maximum atomic E-state index is 4.77. The highest BCUT2D eigenvalue weighted by Gasteiger charge is 2.32. The van der Waals surface area contributed by atoms with E-state index in [0.717, 1.165) is 37.9 Å². The minimum atomic E-state index is 0. The van der Waals surface area contributed by atoms with Crippen molar-refractivity contribution in [2.75, 3.05) is 33.7 Å². The number of aromatic nitrogens is 1. The smallest absolute Gasteiger partial charge is 0.191 e. The van der Waals surface area contributed by atoms with Crippen molar-refractivity contribution in [2.45, 2.75) is 39.2 Å². The van der Waals surface area contributed by atoms with Crippen molar-refractivity contribution in [3.05, 3.63) is 16.1 Å². The first-order valence-corrected chi connectivity index (χ1v) is 9.01. The number of guanidine groups is 1. The third-order valence-electron chi connectivity index (χ3n) is 3.91. The summed E-state index contributed by atoms with van der Waals surface area (Å²) in [7, 11) is 4.31. The number of hydrogen-bond donors (Lipinski definition) is 2. The fourth-order valence-corrected chi connectivity index (χ4v) is 3.33. The van der Waals surface area contributed by atoms with E-state index in [-0.39, 0.29) is 24.0 Å². The molecule has 0 bridgehead atoms. The summed E-state index contributed by atoms with van der Waals surface area (Å²) >= 11 is 1.77. The summed E-state index contributed by atoms with van der Waals surface area (Å²) in [6.07, 6.45) is 5.59. The molecule has 1 aliphatic rings. The summed E-state index contributed by atoms with van der Waals surface area (Å²) in [5.74, 6) is 1.75. The van der Waals surface area contributed by atoms with Crippen LogP contribution in [-0.4, -0.2) is 55.6 Å². The molecule has 1 saturated carbocycles. The Bertz CT molecular complexity index is 483. The van der Waals surface area contributed by atoms with Crippen molar-refractivity contribution in [1.29, 1.82) is 0 Å². The molecular formula is C16H30IN5S. The molecule has 1 unspecified atom stereocenters. The second-order valence-corrected chi connectivity index (χ2v) is 7.45. The van der Waals surface area contributed by atoms with Crippen LogP contribution in [0.5, 0.6) is 0 Å². The van der Waals surface area contributed by atoms with Gasteiger partial charge in [-0.05, 0) is 46.7 Å². The lowest BCUT2D eigenvalue weighted by Crippen LogP contribution is -2.40. The molecule has 0 aromatic carbocycles. The van der Waals surface area contributed by atoms with Gasteiger partial charge in [-0.1, -0.05) is 0 Å². The van der Waals surface area contributed by atoms with E-state index in [1.807, 2.05) is 6.20 Å². The molecule has 2 N–H and O–H groups in total. The summed E-state index contributed by atoms with van der Waals surface area (Å²) < 4.78 is 0. The van der Waals surface area contributed by atoms with Gasteiger partial charge in [-0.15, -0.1) is 35.3 Å². The van der Waals surface area contributed by atoms with Crippen molar-refractivity contribution in [1.82, 2.24) is 20.5 Å². The van der Waals surface area contributed by atoms with E-state index in [9.17, 15) is 0 Å². The topological polar surface area (TPSA) is 52.6 Å². The molecule has 132 valence electrons. The number of nitrogens with one attached hydrogen (secondary N) is 2. The molecule has 1 heterocycles. The Morgan fingerprint density at radius 3 is 2.70 bits per heavy atom. The van der Waals surface area contributed by atoms with Crippen LogP contribution in [0.1, 0.15) is 29.7 Å². The Morgan fingerprint density at radius 1 is 1.43 bits per heavy atom. The van der Waals surface area contributed by atoms with Crippen LogP contribution >= 0.6 is 35.3 Å². The van der Waals surface area contributed by atoms with Gasteiger partial charge in [0.2, 0.25) is 0 Å². The second-order valence-electron chi connectivity index (χ2n) is 6.13. The Balaban J connectivity index is 0.00000264. The highest BCUT2D eigenvalue weighted by Crippen LogP contribution is 2.34. The molecule has 1 fully saturated rings. The average molecular weight is 451 g/mol. The first-order valence-electron chi connectivity index (χ1n) is 8.20. The lowest BCUT2D eigenvalue weighted by atomic mass is 10.2. The van der Waals surface area contributed by atoms with E-state index >= 15 is 0 Å². The number of hydrogen-bond acceptors (Lipinski definition) is 4. The van der Waals surface area contributed by atoms with Crippen LogP contribution in [0.4, 0.5) is 0 Å². The molecule has 23 heavy (non-hydrogen) atoms. The van der Waals surface area contributed by atoms with Gasteiger partial charge in [0.15, 0.2) is 5.96 Å². The van der Waals surface area contributed by atoms with Crippen LogP contribution in [0.15, 0.2) is 11.2 Å². The summed E-state index contributed by atoms with van der Waals surface area (Å²) in [5, 5.41) is 7.94. The summed E-state index contributed by atoms with van der Waals surface area (Å²) in [5.41, 5.74) is 0. The van der Waals surface area contributed by atoms with Gasteiger partial charge in [0, 0.05) is 36.6 Å². The predicted octanol–water partition coefficient (Wildman–Crippen LogP) is 2.51. The normalized spacial score (nSPS) is 16.1. The first kappa shape index (κ1) is 20.6. The Morgan fingerprint density at radius 2 is 2.17 bits per heavy atom. The van der Waals surface area contributed by atoms with Crippen molar-refractivity contribution in [3.63, 3.8) is 0 Å². The lowest BCUT2D eigenvalue weighted by molar-refractivity contribution is 0.271. The SMILES string of the molecule is CCNC(=NCC(C1CC1)N(C)C)NCCc1ncc(C)s1.I. The van der Waals surface area contributed by atoms with E-state index < -0.39 is 0 Å². The van der Waals surface area contributed by atoms with Crippen molar-refractivity contribution in [2.24, 2.45) is 10.9 Å². The number of aryl methyl sites for hydroxylation is 1. The molecule has 0 amide bonds. The second kappa shape index (κ2) is 10.5. The standard InChI is InChI=1S/C16H29N5S.HI/c1-5-17-16(18-9-8-15-19-10-12(2)22-15)20-11-14(21(3)4)13-6-7-13;/h10,13-14H,5-9,11H2,1-4H3,(H2,17,18,20);1H. The quantitative estimate of drug-likeness (QED) is 0.363. The van der Waals surface area contributed by atoms with Crippen molar-refractivity contribution >= 4 is 41.3 Å². The monoisotopic (exact) mass is 451 g/mol. The zero-order valence-electron chi connectivity index (χ0n) is 14.6. The van der Waals surface area contributed by atoms with E-state index in [1.165, 1.54) is 22.7 Å². The Kier molecular flexibility index (Phi) is 9.38. The molecule has 5 nitrogen and oxygen atoms in total. The fraction of sp³-hybridized carbons (Fsp3) is 0.750. The van der Waals surface area contributed by atoms with E-state index in [1.54, 1.807) is 11.3 Å². The van der Waals surface area contributed by atoms with Gasteiger partial charge in [-0.3, -0.25) is 4.99 Å². The predicted molar refractivity (Wildman–Crippen MR) is 110 cm³/mol. The van der Waals surface area contributed by atoms with Gasteiger partial charge >= 0.3 is 0 Å². The number of likely N-dealkylation sites (N-methyl/N-ethyl adjacent to an activating group) is 1. The molecule has 1 atom stereocenters. The third-order valence-corrected chi connectivity index (χ3v) is 4.88. The highest BCUT2D eigenvalue weighted by atomic mass is 127. The van der Waals surface area contributed by atoms with Gasteiger partial charge in [-0.25, -0.2) is 4.98 Å². The molecule has 1 aromatic rings. The number of aliphatic imine (C=N–C) groups is 1. The molecule has 0 spiro atoms. The highest BCUT2D eigenvalue weighted by molar-refractivity contribution is 14.0. The van der Waals surface area contributed by atoms with Crippen LogP contribution < -0.4 is 10.6 Å². The summed E-state index contributed by atoms with van der Waals surface area (Å²) in [6, 6.07) is 0.567. The van der Waals surface area contributed by atoms with Crippen LogP contribution in [0.2, 0.25) is 0 Å². The molecule has 0 aliphatic heterocycles. The largest absolute Gasteiger partial charge is 0.357 e. The number of rotatable bonds is 8. The van der Waals surface area contributed by atoms with Crippen LogP contribution in [0.25, 0.3) is 0 Å². The maximum absolute atomic E-state index is 4.77. The number of nitrogens with zero attached hydrogens (tertiary/aromatic N) is 3. The van der Waals surface area contributed by atoms with E-state index in [2.05, 4.69) is 48.5 Å². The third kappa shape index (κ3) is 7.34. The van der Waals surface area contributed by atoms with Crippen LogP contribution in [0.3, 0.4) is 0 Å². The van der Waals surface area contributed by atoms with Gasteiger partial charge in [0.1, 0.15) is 0 Å². The van der Waals surface area contributed by atoms with Crippen molar-refractivity contribution < 1.29 is 0 Å². The molecule has 7 heteroatoms. The zero-order chi connectivity index (χ0) is 15.9. The van der Waals surface area contributed by atoms with Crippen LogP contribution in [0, 0.1) is 12.8 Å². The lowest BCUT2D eigenvalue weighted by Gasteiger charge is -2.22. The molecule has 1 aliphatic carbocycles. The zero-order valence-corrected chi connectivity index (χ0v) is 17.8. The van der Waals surface area contributed by atoms with Gasteiger partial charge in [0.25, 0.3) is 0 Å². The number of thiazole rings is 1. The minimum absolute atomic E-state index is 0. The first-order chi connectivity index (χ1) is 10.6. The molecular weight excluding hydrogens is 421 g/mol. The molecule has 2 rings (SSSR count). The molecule has 1 aromatic heterocycles. The van der Waals surface area contributed by atoms with E-state index in [0.29, 0.717) is 6.04 Å². The maximum Gasteiger partial charge on any atom is 0.191 e. The fourth-order valence-electron chi connectivity index (χ4n) is 2.55. The average Bonchev–Trinajstić information content (AvgIpc) is 3.21. The Labute approximate surface area is 161 Å². The van der Waals surface area contributed by atoms with Crippen molar-refractivity contribution in [3.8, 4) is 0 Å². The van der Waals surface area contributed by atoms with Gasteiger partial charge in [0.05, 0.1) is 11.6 Å². The van der Waals surface area contributed by atoms with E-state index in [4.69, 9.17) is 4.99 Å². The minimum Gasteiger partial charge on any atom is -0.357 e. The van der Waals surface area contributed by atoms with Gasteiger partial charge < -0.3 is 15.5 Å². The van der Waals surface area contributed by atoms with Gasteiger partial charge in [-0.2, -0.15) is 0 Å². The number of halogens is 1. The Hall–Kier alpha value is -0.410.